The number of esters is 1. The number of carbonyl (C=O) groups is 4. The van der Waals surface area contributed by atoms with Crippen molar-refractivity contribution >= 4 is 24.1 Å². The summed E-state index contributed by atoms with van der Waals surface area (Å²) in [6.07, 6.45) is 4.50. The molecule has 2 amide bonds. The van der Waals surface area contributed by atoms with E-state index in [1.807, 2.05) is 12.1 Å². The fourth-order valence-electron chi connectivity index (χ4n) is 3.66. The van der Waals surface area contributed by atoms with Gasteiger partial charge in [-0.05, 0) is 48.6 Å². The standard InChI is InChI=1S/C24H25NO6/c1-30-24(29)19-12-10-18(11-13-19)17(14-15-26)7-3-2-6-16-31-25-22(27)20-8-4-5-9-21(20)23(25)28/h4-5,8-13,15,17H,2-3,6-7,14,16H2,1H3. The SMILES string of the molecule is COC(=O)c1ccc(C(CC=O)CCCCCON2C(=O)c3ccccc3C2=O)cc1. The smallest absolute Gasteiger partial charge is 0.337 e. The summed E-state index contributed by atoms with van der Waals surface area (Å²) in [5.74, 6) is -1.18. The second kappa shape index (κ2) is 10.6. The van der Waals surface area contributed by atoms with Crippen molar-refractivity contribution in [3.63, 3.8) is 0 Å². The lowest BCUT2D eigenvalue weighted by Gasteiger charge is -2.16. The number of nitrogens with zero attached hydrogens (tertiary/aromatic N) is 1. The van der Waals surface area contributed by atoms with E-state index in [9.17, 15) is 19.2 Å². The van der Waals surface area contributed by atoms with Crippen molar-refractivity contribution in [3.05, 3.63) is 70.8 Å². The Morgan fingerprint density at radius 2 is 1.61 bits per heavy atom. The van der Waals surface area contributed by atoms with Gasteiger partial charge in [0.15, 0.2) is 0 Å². The van der Waals surface area contributed by atoms with E-state index < -0.39 is 17.8 Å². The first kappa shape index (κ1) is 22.4. The van der Waals surface area contributed by atoms with Crippen molar-refractivity contribution < 1.29 is 28.8 Å². The first-order valence-corrected chi connectivity index (χ1v) is 10.3. The van der Waals surface area contributed by atoms with Gasteiger partial charge in [0.2, 0.25) is 0 Å². The average molecular weight is 423 g/mol. The second-order valence-electron chi connectivity index (χ2n) is 7.35. The molecule has 0 bridgehead atoms. The largest absolute Gasteiger partial charge is 0.465 e. The summed E-state index contributed by atoms with van der Waals surface area (Å²) in [5, 5.41) is 0.836. The van der Waals surface area contributed by atoms with E-state index in [0.29, 0.717) is 29.5 Å². The highest BCUT2D eigenvalue weighted by molar-refractivity contribution is 6.20. The molecular formula is C24H25NO6. The van der Waals surface area contributed by atoms with Gasteiger partial charge in [0, 0.05) is 6.42 Å². The van der Waals surface area contributed by atoms with Gasteiger partial charge in [-0.2, -0.15) is 0 Å². The van der Waals surface area contributed by atoms with Gasteiger partial charge in [-0.15, -0.1) is 5.06 Å². The molecule has 1 atom stereocenters. The maximum Gasteiger partial charge on any atom is 0.337 e. The van der Waals surface area contributed by atoms with Crippen LogP contribution in [0.2, 0.25) is 0 Å². The van der Waals surface area contributed by atoms with E-state index in [4.69, 9.17) is 9.57 Å². The number of hydrogen-bond donors (Lipinski definition) is 0. The van der Waals surface area contributed by atoms with E-state index >= 15 is 0 Å². The highest BCUT2D eigenvalue weighted by Crippen LogP contribution is 2.26. The molecule has 0 spiro atoms. The summed E-state index contributed by atoms with van der Waals surface area (Å²) >= 11 is 0. The fraction of sp³-hybridized carbons (Fsp3) is 0.333. The molecule has 7 heteroatoms. The third kappa shape index (κ3) is 5.24. The summed E-state index contributed by atoms with van der Waals surface area (Å²) in [6, 6.07) is 13.8. The molecule has 1 aliphatic heterocycles. The molecule has 0 radical (unpaired) electrons. The molecule has 1 heterocycles. The van der Waals surface area contributed by atoms with Gasteiger partial charge in [-0.3, -0.25) is 14.4 Å². The van der Waals surface area contributed by atoms with Crippen LogP contribution in [0.15, 0.2) is 48.5 Å². The van der Waals surface area contributed by atoms with Gasteiger partial charge in [-0.1, -0.05) is 37.1 Å². The minimum Gasteiger partial charge on any atom is -0.465 e. The van der Waals surface area contributed by atoms with Gasteiger partial charge >= 0.3 is 5.97 Å². The first-order valence-electron chi connectivity index (χ1n) is 10.3. The lowest BCUT2D eigenvalue weighted by Crippen LogP contribution is -2.30. The Hall–Kier alpha value is -3.32. The predicted octanol–water partition coefficient (Wildman–Crippen LogP) is 3.93. The molecule has 162 valence electrons. The Balaban J connectivity index is 1.43. The molecule has 7 nitrogen and oxygen atoms in total. The Bertz CT molecular complexity index is 918. The molecule has 3 rings (SSSR count). The Kier molecular flexibility index (Phi) is 7.67. The van der Waals surface area contributed by atoms with Gasteiger partial charge in [-0.25, -0.2) is 4.79 Å². The Morgan fingerprint density at radius 1 is 0.968 bits per heavy atom. The lowest BCUT2D eigenvalue weighted by atomic mass is 9.90. The molecule has 0 saturated carbocycles. The Labute approximate surface area is 180 Å². The van der Waals surface area contributed by atoms with Crippen LogP contribution in [0.1, 0.15) is 74.7 Å². The van der Waals surface area contributed by atoms with Crippen molar-refractivity contribution in [2.45, 2.75) is 38.0 Å². The monoisotopic (exact) mass is 423 g/mol. The number of hydrogen-bond acceptors (Lipinski definition) is 6. The summed E-state index contributed by atoms with van der Waals surface area (Å²) < 4.78 is 4.70. The van der Waals surface area contributed by atoms with E-state index in [1.54, 1.807) is 36.4 Å². The quantitative estimate of drug-likeness (QED) is 0.235. The number of unbranched alkanes of at least 4 members (excludes halogenated alkanes) is 2. The maximum absolute atomic E-state index is 12.2. The molecule has 1 aliphatic rings. The van der Waals surface area contributed by atoms with Crippen LogP contribution in [-0.4, -0.2) is 42.8 Å². The lowest BCUT2D eigenvalue weighted by molar-refractivity contribution is -0.108. The number of imide groups is 1. The topological polar surface area (TPSA) is 90.0 Å². The molecule has 0 fully saturated rings. The highest BCUT2D eigenvalue weighted by Gasteiger charge is 2.36. The molecule has 0 saturated heterocycles. The van der Waals surface area contributed by atoms with Crippen molar-refractivity contribution in [3.8, 4) is 0 Å². The number of ether oxygens (including phenoxy) is 1. The number of aldehydes is 1. The van der Waals surface area contributed by atoms with Crippen LogP contribution in [0.4, 0.5) is 0 Å². The molecule has 2 aromatic carbocycles. The fourth-order valence-corrected chi connectivity index (χ4v) is 3.66. The van der Waals surface area contributed by atoms with Crippen LogP contribution in [0, 0.1) is 0 Å². The number of rotatable bonds is 11. The second-order valence-corrected chi connectivity index (χ2v) is 7.35. The van der Waals surface area contributed by atoms with E-state index in [-0.39, 0.29) is 12.5 Å². The zero-order valence-corrected chi connectivity index (χ0v) is 17.4. The molecule has 1 unspecified atom stereocenters. The minimum absolute atomic E-state index is 0.0707. The summed E-state index contributed by atoms with van der Waals surface area (Å²) in [7, 11) is 1.34. The first-order chi connectivity index (χ1) is 15.1. The average Bonchev–Trinajstić information content (AvgIpc) is 3.05. The summed E-state index contributed by atoms with van der Waals surface area (Å²) in [4.78, 5) is 52.6. The van der Waals surface area contributed by atoms with E-state index in [0.717, 1.165) is 36.2 Å². The van der Waals surface area contributed by atoms with Crippen LogP contribution >= 0.6 is 0 Å². The van der Waals surface area contributed by atoms with E-state index in [1.165, 1.54) is 7.11 Å². The molecule has 0 aliphatic carbocycles. The number of hydroxylamine groups is 2. The van der Waals surface area contributed by atoms with Crippen molar-refractivity contribution in [2.24, 2.45) is 0 Å². The zero-order chi connectivity index (χ0) is 22.2. The van der Waals surface area contributed by atoms with Crippen LogP contribution < -0.4 is 0 Å². The normalized spacial score (nSPS) is 13.8. The summed E-state index contributed by atoms with van der Waals surface area (Å²) in [5.41, 5.74) is 2.20. The number of amides is 2. The highest BCUT2D eigenvalue weighted by atomic mass is 16.7. The number of benzene rings is 2. The number of methoxy groups -OCH3 is 1. The van der Waals surface area contributed by atoms with Crippen LogP contribution in [0.5, 0.6) is 0 Å². The molecule has 0 aromatic heterocycles. The number of fused-ring (bicyclic) bond motifs is 1. The van der Waals surface area contributed by atoms with Gasteiger partial charge in [0.05, 0.1) is 30.4 Å². The van der Waals surface area contributed by atoms with Crippen LogP contribution in [0.25, 0.3) is 0 Å². The Morgan fingerprint density at radius 3 is 2.19 bits per heavy atom. The minimum atomic E-state index is -0.429. The third-order valence-corrected chi connectivity index (χ3v) is 5.36. The zero-order valence-electron chi connectivity index (χ0n) is 17.4. The van der Waals surface area contributed by atoms with Gasteiger partial charge in [0.25, 0.3) is 11.8 Å². The number of carbonyl (C=O) groups excluding carboxylic acids is 4. The van der Waals surface area contributed by atoms with Crippen molar-refractivity contribution in [2.75, 3.05) is 13.7 Å². The maximum atomic E-state index is 12.2. The van der Waals surface area contributed by atoms with E-state index in [2.05, 4.69) is 0 Å². The molecule has 0 N–H and O–H groups in total. The van der Waals surface area contributed by atoms with Gasteiger partial charge < -0.3 is 9.53 Å². The van der Waals surface area contributed by atoms with Crippen molar-refractivity contribution in [1.82, 2.24) is 5.06 Å². The molecule has 2 aromatic rings. The molecule has 31 heavy (non-hydrogen) atoms. The van der Waals surface area contributed by atoms with Gasteiger partial charge in [0.1, 0.15) is 6.29 Å². The summed E-state index contributed by atoms with van der Waals surface area (Å²) in [6.45, 7) is 0.262. The van der Waals surface area contributed by atoms with Crippen LogP contribution in [-0.2, 0) is 14.4 Å². The third-order valence-electron chi connectivity index (χ3n) is 5.36. The predicted molar refractivity (Wildman–Crippen MR) is 113 cm³/mol. The van der Waals surface area contributed by atoms with Crippen molar-refractivity contribution in [1.29, 1.82) is 0 Å². The molecular weight excluding hydrogens is 398 g/mol. The van der Waals surface area contributed by atoms with Crippen LogP contribution in [0.3, 0.4) is 0 Å².